The van der Waals surface area contributed by atoms with Crippen molar-refractivity contribution in [3.05, 3.63) is 41.2 Å². The first-order valence-corrected chi connectivity index (χ1v) is 9.34. The predicted octanol–water partition coefficient (Wildman–Crippen LogP) is 1.23. The van der Waals surface area contributed by atoms with Crippen molar-refractivity contribution in [2.24, 2.45) is 16.6 Å². The summed E-state index contributed by atoms with van der Waals surface area (Å²) in [5.41, 5.74) is 8.65. The molecule has 1 amide bonds. The third-order valence-electron chi connectivity index (χ3n) is 3.86. The molecule has 0 fully saturated rings. The highest BCUT2D eigenvalue weighted by atomic mass is 16.4. The Morgan fingerprint density at radius 1 is 1.27 bits per heavy atom. The van der Waals surface area contributed by atoms with Gasteiger partial charge in [0.2, 0.25) is 0 Å². The van der Waals surface area contributed by atoms with Crippen molar-refractivity contribution in [3.63, 3.8) is 0 Å². The van der Waals surface area contributed by atoms with Crippen molar-refractivity contribution in [2.45, 2.75) is 26.8 Å². The van der Waals surface area contributed by atoms with Crippen LogP contribution in [0.1, 0.15) is 32.4 Å². The Labute approximate surface area is 175 Å². The van der Waals surface area contributed by atoms with Crippen LogP contribution in [0, 0.1) is 5.92 Å². The third-order valence-corrected chi connectivity index (χ3v) is 3.86. The second-order valence-electron chi connectivity index (χ2n) is 7.02. The lowest BCUT2D eigenvalue weighted by Gasteiger charge is -2.32. The Kier molecular flexibility index (Phi) is 9.50. The standard InChI is InChI=1S/C15H18N4O.C3H7NO2.C2H4O2/c1-9(2)7-19-8-17-12-13(15(16)20)18-11-6-4-3-5-10(11)14(12)19;1-4-2-3(5)6;1-2(3)4/h3-6,8-9,14,18H,7H2,1-2H3,(H2,16,20);4H,2H2,1H3,(H,5,6);1H3,(H,3,4). The minimum atomic E-state index is -0.833. The van der Waals surface area contributed by atoms with E-state index in [0.717, 1.165) is 30.4 Å². The van der Waals surface area contributed by atoms with Gasteiger partial charge in [-0.15, -0.1) is 0 Å². The number of benzene rings is 1. The number of rotatable bonds is 5. The van der Waals surface area contributed by atoms with Crippen molar-refractivity contribution < 1.29 is 24.6 Å². The van der Waals surface area contributed by atoms with Gasteiger partial charge in [0.1, 0.15) is 11.7 Å². The molecule has 1 atom stereocenters. The highest BCUT2D eigenvalue weighted by Gasteiger charge is 2.36. The third kappa shape index (κ3) is 7.21. The molecule has 10 heteroatoms. The molecular formula is C20H29N5O5. The molecule has 0 aliphatic carbocycles. The first kappa shape index (κ1) is 24.6. The van der Waals surface area contributed by atoms with Crippen molar-refractivity contribution in [2.75, 3.05) is 25.5 Å². The van der Waals surface area contributed by atoms with Crippen LogP contribution >= 0.6 is 0 Å². The van der Waals surface area contributed by atoms with Crippen LogP contribution in [0.5, 0.6) is 0 Å². The second-order valence-corrected chi connectivity index (χ2v) is 7.02. The summed E-state index contributed by atoms with van der Waals surface area (Å²) in [6.45, 7) is 6.34. The number of amides is 1. The number of hydrogen-bond donors (Lipinski definition) is 5. The molecule has 0 radical (unpaired) electrons. The zero-order valence-electron chi connectivity index (χ0n) is 17.5. The monoisotopic (exact) mass is 419 g/mol. The number of carboxylic acid groups (broad SMARTS) is 2. The number of likely N-dealkylation sites (N-methyl/N-ethyl adjacent to an activating group) is 1. The van der Waals surface area contributed by atoms with E-state index in [9.17, 15) is 9.59 Å². The normalized spacial score (nSPS) is 15.8. The number of carbonyl (C=O) groups excluding carboxylic acids is 1. The Balaban J connectivity index is 0.000000379. The van der Waals surface area contributed by atoms with Gasteiger partial charge < -0.3 is 31.5 Å². The van der Waals surface area contributed by atoms with Gasteiger partial charge in [0, 0.05) is 24.7 Å². The SMILES string of the molecule is CC(=O)O.CC(C)CN1C=NC2=C(C(N)=O)Nc3ccccc3C21.CNCC(=O)O. The summed E-state index contributed by atoms with van der Waals surface area (Å²) >= 11 is 0. The predicted molar refractivity (Wildman–Crippen MR) is 114 cm³/mol. The molecule has 0 spiro atoms. The largest absolute Gasteiger partial charge is 0.481 e. The minimum absolute atomic E-state index is 0.0163. The maximum absolute atomic E-state index is 11.6. The molecule has 2 aliphatic rings. The van der Waals surface area contributed by atoms with Gasteiger partial charge >= 0.3 is 5.97 Å². The molecule has 1 unspecified atom stereocenters. The minimum Gasteiger partial charge on any atom is -0.481 e. The number of fused-ring (bicyclic) bond motifs is 3. The Morgan fingerprint density at radius 3 is 2.33 bits per heavy atom. The lowest BCUT2D eigenvalue weighted by Crippen LogP contribution is -2.33. The average molecular weight is 419 g/mol. The van der Waals surface area contributed by atoms with E-state index in [-0.39, 0.29) is 12.6 Å². The first-order chi connectivity index (χ1) is 14.1. The number of para-hydroxylation sites is 1. The van der Waals surface area contributed by atoms with E-state index in [1.165, 1.54) is 0 Å². The van der Waals surface area contributed by atoms with E-state index in [0.29, 0.717) is 11.6 Å². The number of nitrogens with two attached hydrogens (primary N) is 1. The lowest BCUT2D eigenvalue weighted by molar-refractivity contribution is -0.136. The summed E-state index contributed by atoms with van der Waals surface area (Å²) in [6.07, 6.45) is 1.81. The highest BCUT2D eigenvalue weighted by Crippen LogP contribution is 2.42. The molecule has 0 aromatic heterocycles. The molecule has 1 aromatic rings. The summed E-state index contributed by atoms with van der Waals surface area (Å²) in [7, 11) is 1.59. The summed E-state index contributed by atoms with van der Waals surface area (Å²) in [5, 5.41) is 20.8. The van der Waals surface area contributed by atoms with Gasteiger partial charge in [-0.3, -0.25) is 14.4 Å². The van der Waals surface area contributed by atoms with Crippen molar-refractivity contribution in [3.8, 4) is 0 Å². The van der Waals surface area contributed by atoms with Gasteiger partial charge in [-0.05, 0) is 19.0 Å². The van der Waals surface area contributed by atoms with Crippen LogP contribution in [0.15, 0.2) is 40.7 Å². The molecule has 2 heterocycles. The Hall–Kier alpha value is -3.40. The number of carboxylic acids is 2. The van der Waals surface area contributed by atoms with Crippen LogP contribution in [0.2, 0.25) is 0 Å². The second kappa shape index (κ2) is 11.6. The zero-order valence-corrected chi connectivity index (χ0v) is 17.5. The van der Waals surface area contributed by atoms with Gasteiger partial charge in [0.15, 0.2) is 0 Å². The van der Waals surface area contributed by atoms with Crippen molar-refractivity contribution in [1.29, 1.82) is 0 Å². The molecule has 3 rings (SSSR count). The van der Waals surface area contributed by atoms with E-state index >= 15 is 0 Å². The molecule has 1 aromatic carbocycles. The highest BCUT2D eigenvalue weighted by molar-refractivity contribution is 5.98. The number of aliphatic carboxylic acids is 2. The smallest absolute Gasteiger partial charge is 0.317 e. The van der Waals surface area contributed by atoms with E-state index in [2.05, 4.69) is 40.4 Å². The number of carbonyl (C=O) groups is 3. The van der Waals surface area contributed by atoms with E-state index in [1.807, 2.05) is 24.5 Å². The summed E-state index contributed by atoms with van der Waals surface area (Å²) < 4.78 is 0. The number of primary amides is 1. The molecule has 0 saturated heterocycles. The lowest BCUT2D eigenvalue weighted by atomic mass is 9.95. The average Bonchev–Trinajstić information content (AvgIpc) is 3.04. The van der Waals surface area contributed by atoms with Crippen LogP contribution in [0.4, 0.5) is 5.69 Å². The van der Waals surface area contributed by atoms with Gasteiger partial charge in [0.05, 0.1) is 18.6 Å². The number of anilines is 1. The number of nitrogens with one attached hydrogen (secondary N) is 2. The topological polar surface area (TPSA) is 157 Å². The molecule has 6 N–H and O–H groups in total. The molecular weight excluding hydrogens is 390 g/mol. The molecule has 10 nitrogen and oxygen atoms in total. The molecule has 2 aliphatic heterocycles. The molecule has 0 saturated carbocycles. The Bertz CT molecular complexity index is 831. The van der Waals surface area contributed by atoms with E-state index < -0.39 is 17.8 Å². The summed E-state index contributed by atoms with van der Waals surface area (Å²) in [6, 6.07) is 7.95. The van der Waals surface area contributed by atoms with E-state index in [1.54, 1.807) is 7.05 Å². The van der Waals surface area contributed by atoms with Crippen molar-refractivity contribution >= 4 is 29.9 Å². The summed E-state index contributed by atoms with van der Waals surface area (Å²) in [5.74, 6) is -1.61. The number of aliphatic imine (C=N–C) groups is 1. The molecule has 0 bridgehead atoms. The van der Waals surface area contributed by atoms with Crippen LogP contribution in [0.25, 0.3) is 0 Å². The maximum atomic E-state index is 11.6. The number of hydrogen-bond acceptors (Lipinski definition) is 7. The van der Waals surface area contributed by atoms with Crippen LogP contribution in [0.3, 0.4) is 0 Å². The fraction of sp³-hybridized carbons (Fsp3) is 0.400. The van der Waals surface area contributed by atoms with E-state index in [4.69, 9.17) is 20.7 Å². The quantitative estimate of drug-likeness (QED) is 0.477. The summed E-state index contributed by atoms with van der Waals surface area (Å²) in [4.78, 5) is 36.8. The van der Waals surface area contributed by atoms with Crippen molar-refractivity contribution in [1.82, 2.24) is 10.2 Å². The van der Waals surface area contributed by atoms with Crippen LogP contribution < -0.4 is 16.4 Å². The van der Waals surface area contributed by atoms with Gasteiger partial charge in [0.25, 0.3) is 11.9 Å². The zero-order chi connectivity index (χ0) is 22.8. The Morgan fingerprint density at radius 2 is 1.87 bits per heavy atom. The molecule has 30 heavy (non-hydrogen) atoms. The fourth-order valence-corrected chi connectivity index (χ4v) is 2.92. The van der Waals surface area contributed by atoms with Crippen LogP contribution in [-0.2, 0) is 14.4 Å². The van der Waals surface area contributed by atoms with Gasteiger partial charge in [-0.25, -0.2) is 4.99 Å². The van der Waals surface area contributed by atoms with Crippen LogP contribution in [-0.4, -0.2) is 59.4 Å². The number of nitrogens with zero attached hydrogens (tertiary/aromatic N) is 2. The first-order valence-electron chi connectivity index (χ1n) is 9.34. The maximum Gasteiger partial charge on any atom is 0.317 e. The molecule has 164 valence electrons. The fourth-order valence-electron chi connectivity index (χ4n) is 2.92. The van der Waals surface area contributed by atoms with Gasteiger partial charge in [-0.1, -0.05) is 32.0 Å². The van der Waals surface area contributed by atoms with Gasteiger partial charge in [-0.2, -0.15) is 0 Å².